The number of halogens is 2. The summed E-state index contributed by atoms with van der Waals surface area (Å²) in [5.74, 6) is 0. The van der Waals surface area contributed by atoms with Gasteiger partial charge in [-0.3, -0.25) is 4.98 Å². The van der Waals surface area contributed by atoms with Crippen LogP contribution >= 0.6 is 38.9 Å². The van der Waals surface area contributed by atoms with Crippen molar-refractivity contribution in [3.8, 4) is 0 Å². The van der Waals surface area contributed by atoms with Crippen molar-refractivity contribution in [3.63, 3.8) is 0 Å². The molecule has 0 spiro atoms. The van der Waals surface area contributed by atoms with Crippen LogP contribution < -0.4 is 0 Å². The smallest absolute Gasteiger partial charge is 0.0559 e. The van der Waals surface area contributed by atoms with Crippen molar-refractivity contribution < 1.29 is 0 Å². The van der Waals surface area contributed by atoms with Gasteiger partial charge < -0.3 is 0 Å². The van der Waals surface area contributed by atoms with E-state index in [0.717, 1.165) is 17.1 Å². The van der Waals surface area contributed by atoms with E-state index < -0.39 is 0 Å². The monoisotopic (exact) mass is 301 g/mol. The predicted molar refractivity (Wildman–Crippen MR) is 68.9 cm³/mol. The average Bonchev–Trinajstić information content (AvgIpc) is 2.66. The maximum Gasteiger partial charge on any atom is 0.0559 e. The van der Waals surface area contributed by atoms with Crippen LogP contribution in [-0.4, -0.2) is 4.98 Å². The summed E-state index contributed by atoms with van der Waals surface area (Å²) < 4.78 is 0. The number of hydrogen-bond donors (Lipinski definition) is 0. The van der Waals surface area contributed by atoms with E-state index in [9.17, 15) is 0 Å². The van der Waals surface area contributed by atoms with Gasteiger partial charge in [0.15, 0.2) is 0 Å². The third-order valence-electron chi connectivity index (χ3n) is 2.04. The molecule has 0 fully saturated rings. The third-order valence-corrected chi connectivity index (χ3v) is 4.60. The topological polar surface area (TPSA) is 12.9 Å². The fourth-order valence-electron chi connectivity index (χ4n) is 1.32. The van der Waals surface area contributed by atoms with Crippen LogP contribution in [0.15, 0.2) is 35.8 Å². The second-order valence-electron chi connectivity index (χ2n) is 3.13. The average molecular weight is 303 g/mol. The molecule has 2 aromatic heterocycles. The second kappa shape index (κ2) is 5.10. The Morgan fingerprint density at radius 2 is 2.27 bits per heavy atom. The normalized spacial score (nSPS) is 12.7. The molecular formula is C11H9BrClNS. The fourth-order valence-corrected chi connectivity index (χ4v) is 3.52. The first-order valence-electron chi connectivity index (χ1n) is 4.54. The van der Waals surface area contributed by atoms with Crippen LogP contribution in [0.2, 0.25) is 5.02 Å². The molecule has 2 rings (SSSR count). The number of alkyl halides is 1. The maximum absolute atomic E-state index is 6.06. The largest absolute Gasteiger partial charge is 0.261 e. The highest BCUT2D eigenvalue weighted by Gasteiger charge is 2.13. The zero-order chi connectivity index (χ0) is 10.7. The summed E-state index contributed by atoms with van der Waals surface area (Å²) in [6.07, 6.45) is 2.67. The van der Waals surface area contributed by atoms with E-state index in [-0.39, 0.29) is 4.83 Å². The summed E-state index contributed by atoms with van der Waals surface area (Å²) in [6, 6.07) is 7.87. The van der Waals surface area contributed by atoms with E-state index in [1.807, 2.05) is 35.8 Å². The lowest BCUT2D eigenvalue weighted by atomic mass is 10.2. The van der Waals surface area contributed by atoms with Gasteiger partial charge in [-0.2, -0.15) is 0 Å². The summed E-state index contributed by atoms with van der Waals surface area (Å²) >= 11 is 11.4. The van der Waals surface area contributed by atoms with Crippen molar-refractivity contribution in [2.24, 2.45) is 0 Å². The molecule has 0 aliphatic rings. The molecule has 0 aromatic carbocycles. The molecule has 0 saturated carbocycles. The molecule has 2 heterocycles. The Labute approximate surface area is 106 Å². The summed E-state index contributed by atoms with van der Waals surface area (Å²) in [6.45, 7) is 0. The van der Waals surface area contributed by atoms with Crippen LogP contribution in [0.3, 0.4) is 0 Å². The van der Waals surface area contributed by atoms with Gasteiger partial charge in [-0.15, -0.1) is 11.3 Å². The molecule has 0 radical (unpaired) electrons. The first kappa shape index (κ1) is 11.1. The van der Waals surface area contributed by atoms with Crippen molar-refractivity contribution in [3.05, 3.63) is 51.4 Å². The highest BCUT2D eigenvalue weighted by molar-refractivity contribution is 9.09. The molecule has 1 unspecified atom stereocenters. The lowest BCUT2D eigenvalue weighted by Crippen LogP contribution is -1.95. The molecule has 1 nitrogen and oxygen atoms in total. The van der Waals surface area contributed by atoms with Crippen LogP contribution in [0.1, 0.15) is 15.4 Å². The minimum absolute atomic E-state index is 0.250. The lowest BCUT2D eigenvalue weighted by molar-refractivity contribution is 0.920. The number of pyridine rings is 1. The van der Waals surface area contributed by atoms with Gasteiger partial charge in [-0.1, -0.05) is 33.6 Å². The van der Waals surface area contributed by atoms with E-state index in [1.54, 1.807) is 11.3 Å². The van der Waals surface area contributed by atoms with Gasteiger partial charge in [0.05, 0.1) is 9.85 Å². The van der Waals surface area contributed by atoms with E-state index in [1.165, 1.54) is 4.88 Å². The number of rotatable bonds is 3. The molecule has 4 heteroatoms. The molecule has 0 bridgehead atoms. The molecule has 2 aromatic rings. The molecule has 0 amide bonds. The Morgan fingerprint density at radius 1 is 1.40 bits per heavy atom. The first-order chi connectivity index (χ1) is 7.27. The van der Waals surface area contributed by atoms with Crippen LogP contribution in [0.4, 0.5) is 0 Å². The van der Waals surface area contributed by atoms with Gasteiger partial charge in [0, 0.05) is 23.2 Å². The number of hydrogen-bond acceptors (Lipinski definition) is 2. The zero-order valence-electron chi connectivity index (χ0n) is 7.86. The lowest BCUT2D eigenvalue weighted by Gasteiger charge is -2.07. The molecule has 0 aliphatic carbocycles. The van der Waals surface area contributed by atoms with E-state index in [0.29, 0.717) is 0 Å². The van der Waals surface area contributed by atoms with Gasteiger partial charge in [-0.25, -0.2) is 0 Å². The molecule has 0 N–H and O–H groups in total. The second-order valence-corrected chi connectivity index (χ2v) is 5.59. The summed E-state index contributed by atoms with van der Waals surface area (Å²) in [4.78, 5) is 5.71. The SMILES string of the molecule is Clc1ccsc1C(Br)Cc1ccccn1. The Morgan fingerprint density at radius 3 is 2.87 bits per heavy atom. The first-order valence-corrected chi connectivity index (χ1v) is 6.71. The van der Waals surface area contributed by atoms with Gasteiger partial charge in [0.1, 0.15) is 0 Å². The van der Waals surface area contributed by atoms with E-state index in [4.69, 9.17) is 11.6 Å². The number of aromatic nitrogens is 1. The van der Waals surface area contributed by atoms with Crippen LogP contribution in [0.5, 0.6) is 0 Å². The molecule has 0 saturated heterocycles. The van der Waals surface area contributed by atoms with Gasteiger partial charge in [0.2, 0.25) is 0 Å². The molecule has 15 heavy (non-hydrogen) atoms. The highest BCUT2D eigenvalue weighted by Crippen LogP contribution is 2.35. The van der Waals surface area contributed by atoms with Gasteiger partial charge in [0.25, 0.3) is 0 Å². The van der Waals surface area contributed by atoms with Crippen molar-refractivity contribution >= 4 is 38.9 Å². The van der Waals surface area contributed by atoms with E-state index in [2.05, 4.69) is 20.9 Å². The zero-order valence-corrected chi connectivity index (χ0v) is 11.0. The number of nitrogens with zero attached hydrogens (tertiary/aromatic N) is 1. The summed E-state index contributed by atoms with van der Waals surface area (Å²) in [7, 11) is 0. The quantitative estimate of drug-likeness (QED) is 0.762. The van der Waals surface area contributed by atoms with E-state index >= 15 is 0 Å². The summed E-state index contributed by atoms with van der Waals surface area (Å²) in [5, 5.41) is 2.84. The molecule has 0 aliphatic heterocycles. The standard InChI is InChI=1S/C11H9BrClNS/c12-9(11-10(13)4-6-15-11)7-8-3-1-2-5-14-8/h1-6,9H,7H2. The minimum Gasteiger partial charge on any atom is -0.261 e. The summed E-state index contributed by atoms with van der Waals surface area (Å²) in [5.41, 5.74) is 1.07. The van der Waals surface area contributed by atoms with Crippen molar-refractivity contribution in [2.75, 3.05) is 0 Å². The third kappa shape index (κ3) is 2.80. The van der Waals surface area contributed by atoms with Crippen LogP contribution in [-0.2, 0) is 6.42 Å². The van der Waals surface area contributed by atoms with Crippen molar-refractivity contribution in [2.45, 2.75) is 11.2 Å². The van der Waals surface area contributed by atoms with Crippen molar-refractivity contribution in [1.82, 2.24) is 4.98 Å². The van der Waals surface area contributed by atoms with Crippen LogP contribution in [0.25, 0.3) is 0 Å². The van der Waals surface area contributed by atoms with Gasteiger partial charge >= 0.3 is 0 Å². The molecule has 78 valence electrons. The minimum atomic E-state index is 0.250. The Balaban J connectivity index is 2.11. The fraction of sp³-hybridized carbons (Fsp3) is 0.182. The van der Waals surface area contributed by atoms with Gasteiger partial charge in [-0.05, 0) is 23.6 Å². The molecule has 1 atom stereocenters. The predicted octanol–water partition coefficient (Wildman–Crippen LogP) is 4.48. The Kier molecular flexibility index (Phi) is 3.78. The Bertz CT molecular complexity index is 429. The van der Waals surface area contributed by atoms with Crippen molar-refractivity contribution in [1.29, 1.82) is 0 Å². The maximum atomic E-state index is 6.06. The molecular weight excluding hydrogens is 294 g/mol. The highest BCUT2D eigenvalue weighted by atomic mass is 79.9. The number of thiophene rings is 1. The van der Waals surface area contributed by atoms with Crippen LogP contribution in [0, 0.1) is 0 Å². The Hall–Kier alpha value is -0.380.